The van der Waals surface area contributed by atoms with E-state index in [1.165, 1.54) is 25.2 Å². The SMILES string of the molecule is CNC(=O)NC(=O)CS[C@@H](C)c1c(F)cccc1F. The van der Waals surface area contributed by atoms with Crippen LogP contribution in [-0.2, 0) is 4.79 Å². The second kappa shape index (κ2) is 7.08. The Bertz CT molecular complexity index is 463. The van der Waals surface area contributed by atoms with Gasteiger partial charge in [0.1, 0.15) is 11.6 Å². The smallest absolute Gasteiger partial charge is 0.321 e. The van der Waals surface area contributed by atoms with Gasteiger partial charge in [-0.15, -0.1) is 11.8 Å². The summed E-state index contributed by atoms with van der Waals surface area (Å²) in [4.78, 5) is 22.2. The molecule has 0 heterocycles. The largest absolute Gasteiger partial charge is 0.341 e. The summed E-state index contributed by atoms with van der Waals surface area (Å²) in [7, 11) is 1.38. The van der Waals surface area contributed by atoms with Crippen LogP contribution in [0.5, 0.6) is 0 Å². The molecule has 0 saturated carbocycles. The van der Waals surface area contributed by atoms with Gasteiger partial charge in [0.2, 0.25) is 5.91 Å². The molecule has 0 aliphatic carbocycles. The summed E-state index contributed by atoms with van der Waals surface area (Å²) in [6.07, 6.45) is 0. The van der Waals surface area contributed by atoms with Crippen LogP contribution in [0.25, 0.3) is 0 Å². The van der Waals surface area contributed by atoms with E-state index in [2.05, 4.69) is 10.6 Å². The van der Waals surface area contributed by atoms with Crippen LogP contribution < -0.4 is 10.6 Å². The number of halogens is 2. The highest BCUT2D eigenvalue weighted by Crippen LogP contribution is 2.31. The van der Waals surface area contributed by atoms with Crippen LogP contribution in [0, 0.1) is 11.6 Å². The molecule has 0 bridgehead atoms. The molecule has 2 N–H and O–H groups in total. The topological polar surface area (TPSA) is 58.2 Å². The van der Waals surface area contributed by atoms with Gasteiger partial charge in [0.05, 0.1) is 5.75 Å². The highest BCUT2D eigenvalue weighted by Gasteiger charge is 2.17. The Morgan fingerprint density at radius 2 is 1.89 bits per heavy atom. The summed E-state index contributed by atoms with van der Waals surface area (Å²) < 4.78 is 26.9. The first-order valence-corrected chi connectivity index (χ1v) is 6.57. The van der Waals surface area contributed by atoms with Gasteiger partial charge < -0.3 is 5.32 Å². The summed E-state index contributed by atoms with van der Waals surface area (Å²) in [5.74, 6) is -1.88. The number of hydrogen-bond donors (Lipinski definition) is 2. The molecule has 0 fully saturated rings. The second-order valence-electron chi connectivity index (χ2n) is 3.72. The summed E-state index contributed by atoms with van der Waals surface area (Å²) in [6, 6.07) is 3.00. The first kappa shape index (κ1) is 15.4. The van der Waals surface area contributed by atoms with Crippen molar-refractivity contribution in [2.24, 2.45) is 0 Å². The van der Waals surface area contributed by atoms with Crippen molar-refractivity contribution in [2.75, 3.05) is 12.8 Å². The summed E-state index contributed by atoms with van der Waals surface area (Å²) >= 11 is 1.05. The first-order chi connectivity index (χ1) is 8.95. The Morgan fingerprint density at radius 1 is 1.32 bits per heavy atom. The van der Waals surface area contributed by atoms with Crippen LogP contribution in [0.1, 0.15) is 17.7 Å². The normalized spacial score (nSPS) is 11.8. The van der Waals surface area contributed by atoms with E-state index in [1.807, 2.05) is 0 Å². The molecule has 4 nitrogen and oxygen atoms in total. The fourth-order valence-electron chi connectivity index (χ4n) is 1.41. The quantitative estimate of drug-likeness (QED) is 0.893. The maximum atomic E-state index is 13.5. The first-order valence-electron chi connectivity index (χ1n) is 5.52. The van der Waals surface area contributed by atoms with Crippen molar-refractivity contribution in [1.29, 1.82) is 0 Å². The Balaban J connectivity index is 2.58. The lowest BCUT2D eigenvalue weighted by Crippen LogP contribution is -2.38. The molecule has 19 heavy (non-hydrogen) atoms. The summed E-state index contributed by atoms with van der Waals surface area (Å²) in [6.45, 7) is 1.60. The zero-order valence-electron chi connectivity index (χ0n) is 10.5. The zero-order chi connectivity index (χ0) is 14.4. The Morgan fingerprint density at radius 3 is 2.42 bits per heavy atom. The predicted octanol–water partition coefficient (Wildman–Crippen LogP) is 2.21. The summed E-state index contributed by atoms with van der Waals surface area (Å²) in [5, 5.41) is 3.77. The molecule has 1 rings (SSSR count). The molecular weight excluding hydrogens is 274 g/mol. The van der Waals surface area contributed by atoms with Crippen molar-refractivity contribution in [3.8, 4) is 0 Å². The standard InChI is InChI=1S/C12H14F2N2O2S/c1-7(11-8(13)4-3-5-9(11)14)19-6-10(17)16-12(18)15-2/h3-5,7H,6H2,1-2H3,(H2,15,16,17,18)/t7-/m0/s1. The van der Waals surface area contributed by atoms with Gasteiger partial charge in [0.15, 0.2) is 0 Å². The lowest BCUT2D eigenvalue weighted by Gasteiger charge is -2.13. The molecule has 1 atom stereocenters. The molecule has 3 amide bonds. The Hall–Kier alpha value is -1.63. The van der Waals surface area contributed by atoms with Crippen LogP contribution in [0.2, 0.25) is 0 Å². The van der Waals surface area contributed by atoms with Gasteiger partial charge in [-0.1, -0.05) is 6.07 Å². The van der Waals surface area contributed by atoms with Crippen molar-refractivity contribution < 1.29 is 18.4 Å². The zero-order valence-corrected chi connectivity index (χ0v) is 11.3. The van der Waals surface area contributed by atoms with E-state index in [4.69, 9.17) is 0 Å². The molecule has 104 valence electrons. The molecule has 0 unspecified atom stereocenters. The van der Waals surface area contributed by atoms with Crippen LogP contribution in [-0.4, -0.2) is 24.7 Å². The predicted molar refractivity (Wildman–Crippen MR) is 69.8 cm³/mol. The number of rotatable bonds is 4. The summed E-state index contributed by atoms with van der Waals surface area (Å²) in [5.41, 5.74) is -0.0692. The molecule has 0 radical (unpaired) electrons. The number of imide groups is 1. The van der Waals surface area contributed by atoms with Crippen molar-refractivity contribution in [2.45, 2.75) is 12.2 Å². The molecule has 0 saturated heterocycles. The molecule has 0 aliphatic heterocycles. The van der Waals surface area contributed by atoms with Crippen molar-refractivity contribution in [1.82, 2.24) is 10.6 Å². The monoisotopic (exact) mass is 288 g/mol. The molecule has 1 aromatic rings. The van der Waals surface area contributed by atoms with Crippen molar-refractivity contribution in [3.63, 3.8) is 0 Å². The van der Waals surface area contributed by atoms with Gasteiger partial charge in [0.25, 0.3) is 0 Å². The lowest BCUT2D eigenvalue weighted by molar-refractivity contribution is -0.117. The van der Waals surface area contributed by atoms with Crippen LogP contribution >= 0.6 is 11.8 Å². The Kier molecular flexibility index (Phi) is 5.75. The van der Waals surface area contributed by atoms with Gasteiger partial charge in [-0.2, -0.15) is 0 Å². The van der Waals surface area contributed by atoms with E-state index in [0.29, 0.717) is 0 Å². The number of benzene rings is 1. The lowest BCUT2D eigenvalue weighted by atomic mass is 10.1. The average molecular weight is 288 g/mol. The van der Waals surface area contributed by atoms with E-state index in [-0.39, 0.29) is 11.3 Å². The molecular formula is C12H14F2N2O2S. The number of urea groups is 1. The maximum absolute atomic E-state index is 13.5. The van der Waals surface area contributed by atoms with Crippen molar-refractivity contribution >= 4 is 23.7 Å². The van der Waals surface area contributed by atoms with Gasteiger partial charge in [-0.05, 0) is 19.1 Å². The third kappa shape index (κ3) is 4.51. The molecule has 1 aromatic carbocycles. The van der Waals surface area contributed by atoms with Gasteiger partial charge >= 0.3 is 6.03 Å². The van der Waals surface area contributed by atoms with Gasteiger partial charge in [-0.3, -0.25) is 10.1 Å². The van der Waals surface area contributed by atoms with E-state index >= 15 is 0 Å². The van der Waals surface area contributed by atoms with Crippen LogP contribution in [0.15, 0.2) is 18.2 Å². The number of carbonyl (C=O) groups excluding carboxylic acids is 2. The van der Waals surface area contributed by atoms with Crippen LogP contribution in [0.3, 0.4) is 0 Å². The number of carbonyl (C=O) groups is 2. The third-order valence-electron chi connectivity index (χ3n) is 2.35. The Labute approximate surface area is 113 Å². The van der Waals surface area contributed by atoms with Crippen LogP contribution in [0.4, 0.5) is 13.6 Å². The third-order valence-corrected chi connectivity index (χ3v) is 3.52. The number of hydrogen-bond acceptors (Lipinski definition) is 3. The minimum Gasteiger partial charge on any atom is -0.341 e. The highest BCUT2D eigenvalue weighted by molar-refractivity contribution is 8.00. The average Bonchev–Trinajstić information content (AvgIpc) is 2.36. The molecule has 0 aromatic heterocycles. The number of nitrogens with one attached hydrogen (secondary N) is 2. The minimum atomic E-state index is -0.647. The van der Waals surface area contributed by atoms with E-state index < -0.39 is 28.8 Å². The second-order valence-corrected chi connectivity index (χ2v) is 5.04. The van der Waals surface area contributed by atoms with Gasteiger partial charge in [-0.25, -0.2) is 13.6 Å². The molecule has 7 heteroatoms. The molecule has 0 spiro atoms. The number of thioether (sulfide) groups is 1. The fraction of sp³-hybridized carbons (Fsp3) is 0.333. The molecule has 0 aliphatic rings. The van der Waals surface area contributed by atoms with Gasteiger partial charge in [0, 0.05) is 17.9 Å². The van der Waals surface area contributed by atoms with E-state index in [1.54, 1.807) is 6.92 Å². The minimum absolute atomic E-state index is 0.0671. The fourth-order valence-corrected chi connectivity index (χ4v) is 2.27. The number of amides is 3. The van der Waals surface area contributed by atoms with E-state index in [0.717, 1.165) is 11.8 Å². The van der Waals surface area contributed by atoms with E-state index in [9.17, 15) is 18.4 Å². The maximum Gasteiger partial charge on any atom is 0.321 e. The van der Waals surface area contributed by atoms with Crippen molar-refractivity contribution in [3.05, 3.63) is 35.4 Å². The highest BCUT2D eigenvalue weighted by atomic mass is 32.2.